The van der Waals surface area contributed by atoms with Gasteiger partial charge in [0.1, 0.15) is 0 Å². The number of hydrogen-bond donors (Lipinski definition) is 4. The molecule has 1 heterocycles. The van der Waals surface area contributed by atoms with E-state index in [0.29, 0.717) is 35.7 Å². The lowest BCUT2D eigenvalue weighted by atomic mass is 9.82. The van der Waals surface area contributed by atoms with Gasteiger partial charge in [-0.15, -0.1) is 0 Å². The molecule has 40 heavy (non-hydrogen) atoms. The second kappa shape index (κ2) is 13.3. The van der Waals surface area contributed by atoms with Crippen LogP contribution in [0.4, 0.5) is 34.9 Å². The van der Waals surface area contributed by atoms with Crippen LogP contribution in [-0.4, -0.2) is 26.5 Å². The highest BCUT2D eigenvalue weighted by Crippen LogP contribution is 2.30. The van der Waals surface area contributed by atoms with Crippen LogP contribution in [-0.2, 0) is 0 Å². The van der Waals surface area contributed by atoms with Crippen molar-refractivity contribution < 1.29 is 0 Å². The molecular weight excluding hydrogens is 494 g/mol. The van der Waals surface area contributed by atoms with Crippen LogP contribution >= 0.6 is 0 Å². The molecule has 3 rings (SSSR count). The van der Waals surface area contributed by atoms with Gasteiger partial charge in [0.25, 0.3) is 0 Å². The van der Waals surface area contributed by atoms with Crippen molar-refractivity contribution in [3.8, 4) is 0 Å². The third-order valence-corrected chi connectivity index (χ3v) is 6.62. The normalized spacial score (nSPS) is 12.9. The summed E-state index contributed by atoms with van der Waals surface area (Å²) >= 11 is 0. The maximum atomic E-state index is 4.73. The van der Waals surface area contributed by atoms with Crippen molar-refractivity contribution in [2.24, 2.45) is 11.3 Å². The van der Waals surface area contributed by atoms with Crippen molar-refractivity contribution in [3.63, 3.8) is 0 Å². The van der Waals surface area contributed by atoms with Crippen LogP contribution in [0.1, 0.15) is 100.0 Å². The third kappa shape index (κ3) is 10.7. The van der Waals surface area contributed by atoms with Crippen LogP contribution in [0.5, 0.6) is 0 Å². The second-order valence-corrected chi connectivity index (χ2v) is 13.7. The molecule has 0 aliphatic heterocycles. The number of anilines is 6. The second-order valence-electron chi connectivity index (χ2n) is 13.7. The molecule has 7 heteroatoms. The highest BCUT2D eigenvalue weighted by atomic mass is 15.3. The van der Waals surface area contributed by atoms with Gasteiger partial charge in [-0.1, -0.05) is 60.6 Å². The molecule has 4 N–H and O–H groups in total. The van der Waals surface area contributed by atoms with E-state index in [1.165, 1.54) is 12.0 Å². The van der Waals surface area contributed by atoms with E-state index in [2.05, 4.69) is 139 Å². The molecule has 7 nitrogen and oxygen atoms in total. The molecule has 0 saturated carbocycles. The highest BCUT2D eigenvalue weighted by molar-refractivity contribution is 5.62. The van der Waals surface area contributed by atoms with Crippen LogP contribution in [0.15, 0.2) is 48.5 Å². The Morgan fingerprint density at radius 1 is 0.625 bits per heavy atom. The van der Waals surface area contributed by atoms with Crippen LogP contribution in [0.2, 0.25) is 0 Å². The molecule has 0 fully saturated rings. The number of benzene rings is 2. The Hall–Kier alpha value is -3.35. The fourth-order valence-corrected chi connectivity index (χ4v) is 5.02. The summed E-state index contributed by atoms with van der Waals surface area (Å²) in [4.78, 5) is 14.2. The Morgan fingerprint density at radius 3 is 1.57 bits per heavy atom. The zero-order valence-corrected chi connectivity index (χ0v) is 26.3. The summed E-state index contributed by atoms with van der Waals surface area (Å²) in [5, 5.41) is 13.9. The van der Waals surface area contributed by atoms with Crippen molar-refractivity contribution in [2.75, 3.05) is 21.3 Å². The van der Waals surface area contributed by atoms with Gasteiger partial charge in [-0.05, 0) is 99.2 Å². The van der Waals surface area contributed by atoms with Crippen molar-refractivity contribution in [1.82, 2.24) is 15.0 Å². The number of hydrogen-bond acceptors (Lipinski definition) is 7. The van der Waals surface area contributed by atoms with E-state index >= 15 is 0 Å². The maximum Gasteiger partial charge on any atom is 0.233 e. The van der Waals surface area contributed by atoms with Gasteiger partial charge in [0.2, 0.25) is 17.8 Å². The van der Waals surface area contributed by atoms with Crippen LogP contribution in [0.3, 0.4) is 0 Å². The SMILES string of the molecule is CC(C)CCC(C)Nc1ccc(Nc2nc(Nc3ccc(C(C)C)cc3)nc(NC(C)(C)CC(C)(C)C)n2)cc1. The summed E-state index contributed by atoms with van der Waals surface area (Å²) in [6.45, 7) is 22.3. The molecule has 1 atom stereocenters. The quantitative estimate of drug-likeness (QED) is 0.170. The molecule has 3 aromatic rings. The molecule has 0 saturated heterocycles. The number of nitrogens with zero attached hydrogens (tertiary/aromatic N) is 3. The van der Waals surface area contributed by atoms with Gasteiger partial charge in [0.15, 0.2) is 0 Å². The zero-order valence-electron chi connectivity index (χ0n) is 26.3. The maximum absolute atomic E-state index is 4.73. The van der Waals surface area contributed by atoms with Gasteiger partial charge in [-0.25, -0.2) is 0 Å². The fraction of sp³-hybridized carbons (Fsp3) is 0.545. The van der Waals surface area contributed by atoms with Crippen molar-refractivity contribution in [1.29, 1.82) is 0 Å². The molecule has 0 aliphatic carbocycles. The Morgan fingerprint density at radius 2 is 1.10 bits per heavy atom. The molecule has 0 radical (unpaired) electrons. The molecule has 0 spiro atoms. The molecular formula is C33H51N7. The lowest BCUT2D eigenvalue weighted by Crippen LogP contribution is -2.36. The molecule has 0 bridgehead atoms. The minimum absolute atomic E-state index is 0.159. The summed E-state index contributed by atoms with van der Waals surface area (Å²) in [7, 11) is 0. The summed E-state index contributed by atoms with van der Waals surface area (Å²) in [6, 6.07) is 17.1. The molecule has 1 unspecified atom stereocenters. The van der Waals surface area contributed by atoms with E-state index in [0.717, 1.165) is 29.9 Å². The van der Waals surface area contributed by atoms with Crippen molar-refractivity contribution >= 4 is 34.9 Å². The van der Waals surface area contributed by atoms with Gasteiger partial charge >= 0.3 is 0 Å². The number of rotatable bonds is 13. The molecule has 0 amide bonds. The zero-order chi connectivity index (χ0) is 29.5. The monoisotopic (exact) mass is 545 g/mol. The van der Waals surface area contributed by atoms with Crippen LogP contribution < -0.4 is 21.3 Å². The topological polar surface area (TPSA) is 86.8 Å². The van der Waals surface area contributed by atoms with Crippen molar-refractivity contribution in [3.05, 3.63) is 54.1 Å². The van der Waals surface area contributed by atoms with Gasteiger partial charge in [-0.2, -0.15) is 15.0 Å². The first-order valence-electron chi connectivity index (χ1n) is 14.7. The molecule has 2 aromatic carbocycles. The van der Waals surface area contributed by atoms with E-state index in [9.17, 15) is 0 Å². The van der Waals surface area contributed by atoms with Crippen LogP contribution in [0.25, 0.3) is 0 Å². The van der Waals surface area contributed by atoms with Gasteiger partial charge < -0.3 is 21.3 Å². The van der Waals surface area contributed by atoms with E-state index in [1.54, 1.807) is 0 Å². The third-order valence-electron chi connectivity index (χ3n) is 6.62. The first kappa shape index (κ1) is 31.2. The average molecular weight is 546 g/mol. The smallest absolute Gasteiger partial charge is 0.233 e. The van der Waals surface area contributed by atoms with Gasteiger partial charge in [0.05, 0.1) is 0 Å². The first-order chi connectivity index (χ1) is 18.7. The Balaban J connectivity index is 1.81. The van der Waals surface area contributed by atoms with E-state index in [4.69, 9.17) is 15.0 Å². The van der Waals surface area contributed by atoms with Gasteiger partial charge in [-0.3, -0.25) is 0 Å². The minimum atomic E-state index is -0.202. The summed E-state index contributed by atoms with van der Waals surface area (Å²) in [6.07, 6.45) is 3.33. The van der Waals surface area contributed by atoms with E-state index < -0.39 is 0 Å². The largest absolute Gasteiger partial charge is 0.383 e. The molecule has 218 valence electrons. The summed E-state index contributed by atoms with van der Waals surface area (Å²) in [5.74, 6) is 2.70. The summed E-state index contributed by atoms with van der Waals surface area (Å²) in [5.41, 5.74) is 4.21. The minimum Gasteiger partial charge on any atom is -0.383 e. The lowest BCUT2D eigenvalue weighted by molar-refractivity contribution is 0.301. The number of aromatic nitrogens is 3. The molecule has 0 aliphatic rings. The standard InChI is InChI=1S/C33H51N7/c1-22(2)11-12-24(5)34-26-17-19-28(20-18-26)36-30-37-29(35-27-15-13-25(14-16-27)23(3)4)38-31(39-30)40-33(9,10)21-32(6,7)8/h13-20,22-24,34H,11-12,21H2,1-10H3,(H3,35,36,37,38,39,40). The number of nitrogens with one attached hydrogen (secondary N) is 4. The Bertz CT molecular complexity index is 1190. The van der Waals surface area contributed by atoms with Crippen molar-refractivity contribution in [2.45, 2.75) is 106 Å². The summed E-state index contributed by atoms with van der Waals surface area (Å²) < 4.78 is 0. The molecule has 1 aromatic heterocycles. The first-order valence-corrected chi connectivity index (χ1v) is 14.7. The average Bonchev–Trinajstić information content (AvgIpc) is 2.82. The highest BCUT2D eigenvalue weighted by Gasteiger charge is 2.26. The van der Waals surface area contributed by atoms with E-state index in [1.807, 2.05) is 0 Å². The van der Waals surface area contributed by atoms with E-state index in [-0.39, 0.29) is 11.0 Å². The predicted octanol–water partition coefficient (Wildman–Crippen LogP) is 9.35. The van der Waals surface area contributed by atoms with Gasteiger partial charge in [0, 0.05) is 28.6 Å². The fourth-order valence-electron chi connectivity index (χ4n) is 5.02. The Labute approximate surface area is 242 Å². The predicted molar refractivity (Wildman–Crippen MR) is 172 cm³/mol. The Kier molecular flexibility index (Phi) is 10.4. The lowest BCUT2D eigenvalue weighted by Gasteiger charge is -2.33. The van der Waals surface area contributed by atoms with Crippen LogP contribution in [0, 0.1) is 11.3 Å².